The van der Waals surface area contributed by atoms with Crippen LogP contribution in [0.5, 0.6) is 5.75 Å². The molecular formula is C27H24Cl2N2O5. The molecule has 4 rings (SSSR count). The number of hydrogen-bond acceptors (Lipinski definition) is 6. The number of aryl methyl sites for hydroxylation is 1. The highest BCUT2D eigenvalue weighted by atomic mass is 35.5. The molecule has 0 amide bonds. The van der Waals surface area contributed by atoms with Crippen LogP contribution in [0.1, 0.15) is 22.9 Å². The Hall–Kier alpha value is -3.36. The van der Waals surface area contributed by atoms with E-state index in [1.165, 1.54) is 0 Å². The molecule has 0 saturated heterocycles. The van der Waals surface area contributed by atoms with E-state index in [1.807, 2.05) is 31.2 Å². The summed E-state index contributed by atoms with van der Waals surface area (Å²) in [5.74, 6) is -0.0377. The zero-order valence-electron chi connectivity index (χ0n) is 19.4. The van der Waals surface area contributed by atoms with E-state index in [1.54, 1.807) is 42.5 Å². The summed E-state index contributed by atoms with van der Waals surface area (Å²) in [5, 5.41) is 28.5. The van der Waals surface area contributed by atoms with Crippen LogP contribution in [0.4, 0.5) is 0 Å². The van der Waals surface area contributed by atoms with Crippen LogP contribution >= 0.6 is 23.2 Å². The van der Waals surface area contributed by atoms with E-state index in [0.717, 1.165) is 11.1 Å². The maximum absolute atomic E-state index is 11.2. The summed E-state index contributed by atoms with van der Waals surface area (Å²) in [6.07, 6.45) is -1.27. The lowest BCUT2D eigenvalue weighted by Gasteiger charge is -2.15. The van der Waals surface area contributed by atoms with Crippen molar-refractivity contribution in [3.63, 3.8) is 0 Å². The molecule has 3 N–H and O–H groups in total. The van der Waals surface area contributed by atoms with E-state index in [-0.39, 0.29) is 19.6 Å². The van der Waals surface area contributed by atoms with Gasteiger partial charge in [-0.05, 0) is 36.8 Å². The number of benzene rings is 3. The molecule has 4 aromatic rings. The topological polar surface area (TPSA) is 105 Å². The monoisotopic (exact) mass is 526 g/mol. The van der Waals surface area contributed by atoms with Gasteiger partial charge in [-0.2, -0.15) is 0 Å². The summed E-state index contributed by atoms with van der Waals surface area (Å²) in [4.78, 5) is 11.2. The van der Waals surface area contributed by atoms with Crippen LogP contribution in [-0.4, -0.2) is 34.5 Å². The maximum atomic E-state index is 11.2. The van der Waals surface area contributed by atoms with Gasteiger partial charge in [0.1, 0.15) is 24.3 Å². The van der Waals surface area contributed by atoms with Crippen molar-refractivity contribution in [3.05, 3.63) is 93.5 Å². The first-order chi connectivity index (χ1) is 17.3. The summed E-state index contributed by atoms with van der Waals surface area (Å²) in [6.45, 7) is 2.50. The fourth-order valence-corrected chi connectivity index (χ4v) is 4.19. The Morgan fingerprint density at radius 1 is 1.08 bits per heavy atom. The van der Waals surface area contributed by atoms with E-state index < -0.39 is 12.2 Å². The molecule has 1 unspecified atom stereocenters. The predicted molar refractivity (Wildman–Crippen MR) is 138 cm³/mol. The molecule has 186 valence electrons. The Morgan fingerprint density at radius 2 is 1.86 bits per heavy atom. The van der Waals surface area contributed by atoms with E-state index in [2.05, 4.69) is 10.5 Å². The number of carbonyl (C=O) groups is 1. The smallest absolute Gasteiger partial charge is 0.307 e. The van der Waals surface area contributed by atoms with Crippen molar-refractivity contribution in [3.8, 4) is 28.3 Å². The van der Waals surface area contributed by atoms with Crippen molar-refractivity contribution in [1.82, 2.24) is 10.5 Å². The first-order valence-corrected chi connectivity index (χ1v) is 11.9. The summed E-state index contributed by atoms with van der Waals surface area (Å²) >= 11 is 12.1. The van der Waals surface area contributed by atoms with Crippen molar-refractivity contribution < 1.29 is 24.3 Å². The van der Waals surface area contributed by atoms with Crippen molar-refractivity contribution >= 4 is 29.2 Å². The summed E-state index contributed by atoms with van der Waals surface area (Å²) in [5.41, 5.74) is 3.94. The number of nitrogens with zero attached hydrogens (tertiary/aromatic N) is 1. The standard InChI is InChI=1S/C27H24Cl2N2O5/c1-16-5-7-18(8-6-16)26-24(25(31-36-26)19-4-2-3-17(13-19)14-23(32)33)27(34)30-11-12-35-22-10-9-20(28)15-21(22)29/h2-10,13,15,27,30,34H,11-12,14H2,1H3,(H,32,33). The number of aliphatic hydroxyl groups excluding tert-OH is 1. The number of halogens is 2. The Labute approximate surface area is 218 Å². The number of rotatable bonds is 10. The molecule has 0 aliphatic carbocycles. The van der Waals surface area contributed by atoms with Gasteiger partial charge in [-0.3, -0.25) is 10.1 Å². The lowest BCUT2D eigenvalue weighted by molar-refractivity contribution is -0.136. The Kier molecular flexibility index (Phi) is 8.28. The molecule has 0 aliphatic heterocycles. The first kappa shape index (κ1) is 25.7. The Balaban J connectivity index is 1.58. The molecule has 0 aliphatic rings. The molecule has 0 radical (unpaired) electrons. The van der Waals surface area contributed by atoms with Crippen molar-refractivity contribution in [2.75, 3.05) is 13.2 Å². The van der Waals surface area contributed by atoms with E-state index in [4.69, 9.17) is 37.6 Å². The maximum Gasteiger partial charge on any atom is 0.307 e. The predicted octanol–water partition coefficient (Wildman–Crippen LogP) is 5.91. The number of aliphatic carboxylic acids is 1. The molecule has 1 heterocycles. The SMILES string of the molecule is Cc1ccc(-c2onc(-c3cccc(CC(=O)O)c3)c2C(O)NCCOc2ccc(Cl)cc2Cl)cc1. The number of nitrogens with one attached hydrogen (secondary N) is 1. The summed E-state index contributed by atoms with van der Waals surface area (Å²) in [6, 6.07) is 19.6. The van der Waals surface area contributed by atoms with Crippen LogP contribution in [0.2, 0.25) is 10.0 Å². The molecule has 9 heteroatoms. The molecule has 0 spiro atoms. The molecule has 1 aromatic heterocycles. The van der Waals surface area contributed by atoms with Crippen LogP contribution in [0.15, 0.2) is 71.3 Å². The highest BCUT2D eigenvalue weighted by Gasteiger charge is 2.25. The third-order valence-electron chi connectivity index (χ3n) is 5.46. The van der Waals surface area contributed by atoms with Gasteiger partial charge in [0.2, 0.25) is 0 Å². The van der Waals surface area contributed by atoms with Crippen LogP contribution in [0.25, 0.3) is 22.6 Å². The molecule has 36 heavy (non-hydrogen) atoms. The second kappa shape index (κ2) is 11.6. The van der Waals surface area contributed by atoms with Crippen molar-refractivity contribution in [2.45, 2.75) is 19.6 Å². The van der Waals surface area contributed by atoms with Gasteiger partial charge in [0, 0.05) is 22.7 Å². The minimum absolute atomic E-state index is 0.128. The van der Waals surface area contributed by atoms with Gasteiger partial charge in [-0.15, -0.1) is 0 Å². The number of carboxylic acid groups (broad SMARTS) is 1. The molecule has 0 fully saturated rings. The third kappa shape index (κ3) is 6.25. The van der Waals surface area contributed by atoms with Crippen LogP contribution in [0, 0.1) is 6.92 Å². The Bertz CT molecular complexity index is 1350. The second-order valence-corrected chi connectivity index (χ2v) is 9.03. The minimum Gasteiger partial charge on any atom is -0.491 e. The van der Waals surface area contributed by atoms with Gasteiger partial charge >= 0.3 is 5.97 Å². The fraction of sp³-hybridized carbons (Fsp3) is 0.185. The largest absolute Gasteiger partial charge is 0.491 e. The molecular weight excluding hydrogens is 503 g/mol. The van der Waals surface area contributed by atoms with E-state index in [0.29, 0.717) is 43.9 Å². The number of carboxylic acids is 1. The quantitative estimate of drug-likeness (QED) is 0.174. The minimum atomic E-state index is -1.14. The average Bonchev–Trinajstić information content (AvgIpc) is 3.28. The molecule has 0 saturated carbocycles. The third-order valence-corrected chi connectivity index (χ3v) is 5.99. The highest BCUT2D eigenvalue weighted by Crippen LogP contribution is 2.36. The van der Waals surface area contributed by atoms with E-state index >= 15 is 0 Å². The van der Waals surface area contributed by atoms with E-state index in [9.17, 15) is 9.90 Å². The van der Waals surface area contributed by atoms with Gasteiger partial charge in [0.25, 0.3) is 0 Å². The molecule has 0 bridgehead atoms. The van der Waals surface area contributed by atoms with Gasteiger partial charge in [0.15, 0.2) is 5.76 Å². The second-order valence-electron chi connectivity index (χ2n) is 8.19. The molecule has 3 aromatic carbocycles. The van der Waals surface area contributed by atoms with Gasteiger partial charge < -0.3 is 19.5 Å². The lowest BCUT2D eigenvalue weighted by Crippen LogP contribution is -2.26. The van der Waals surface area contributed by atoms with Gasteiger partial charge in [-0.25, -0.2) is 0 Å². The summed E-state index contributed by atoms with van der Waals surface area (Å²) in [7, 11) is 0. The van der Waals surface area contributed by atoms with Crippen LogP contribution < -0.4 is 10.1 Å². The van der Waals surface area contributed by atoms with Crippen LogP contribution in [0.3, 0.4) is 0 Å². The zero-order valence-corrected chi connectivity index (χ0v) is 20.9. The number of hydrogen-bond donors (Lipinski definition) is 3. The van der Waals surface area contributed by atoms with Crippen LogP contribution in [-0.2, 0) is 11.2 Å². The number of ether oxygens (including phenoxy) is 1. The zero-order chi connectivity index (χ0) is 25.7. The number of aromatic nitrogens is 1. The molecule has 1 atom stereocenters. The van der Waals surface area contributed by atoms with Crippen molar-refractivity contribution in [2.24, 2.45) is 0 Å². The Morgan fingerprint density at radius 3 is 2.58 bits per heavy atom. The lowest BCUT2D eigenvalue weighted by atomic mass is 9.98. The average molecular weight is 527 g/mol. The van der Waals surface area contributed by atoms with Crippen molar-refractivity contribution in [1.29, 1.82) is 0 Å². The number of aliphatic hydroxyl groups is 1. The normalized spacial score (nSPS) is 11.9. The van der Waals surface area contributed by atoms with Gasteiger partial charge in [0.05, 0.1) is 17.0 Å². The van der Waals surface area contributed by atoms with Gasteiger partial charge in [-0.1, -0.05) is 76.4 Å². The summed E-state index contributed by atoms with van der Waals surface area (Å²) < 4.78 is 11.4. The fourth-order valence-electron chi connectivity index (χ4n) is 3.73. The molecule has 7 nitrogen and oxygen atoms in total. The first-order valence-electron chi connectivity index (χ1n) is 11.2. The highest BCUT2D eigenvalue weighted by molar-refractivity contribution is 6.35.